The molecule has 0 saturated heterocycles. The van der Waals surface area contributed by atoms with Crippen LogP contribution < -0.4 is 5.32 Å². The highest BCUT2D eigenvalue weighted by Crippen LogP contribution is 2.23. The third kappa shape index (κ3) is 3.58. The molecule has 102 valence electrons. The highest BCUT2D eigenvalue weighted by molar-refractivity contribution is 6.31. The van der Waals surface area contributed by atoms with Crippen LogP contribution in [0.2, 0.25) is 5.02 Å². The van der Waals surface area contributed by atoms with Gasteiger partial charge in [0.05, 0.1) is 6.20 Å². The van der Waals surface area contributed by atoms with Crippen molar-refractivity contribution in [3.63, 3.8) is 0 Å². The number of hydrogen-bond donors (Lipinski definition) is 1. The molecule has 4 heteroatoms. The van der Waals surface area contributed by atoms with E-state index in [2.05, 4.69) is 36.5 Å². The largest absolute Gasteiger partial charge is 0.310 e. The quantitative estimate of drug-likeness (QED) is 0.876. The zero-order valence-electron chi connectivity index (χ0n) is 11.4. The predicted molar refractivity (Wildman–Crippen MR) is 79.5 cm³/mol. The standard InChI is InChI=1S/C15H20ClN3/c1-3-17-15(13-10-18-19(4-2)11-13)9-12-7-5-6-8-14(12)16/h5-8,10-11,15,17H,3-4,9H2,1-2H3. The molecule has 1 aromatic carbocycles. The number of halogens is 1. The zero-order valence-corrected chi connectivity index (χ0v) is 12.2. The van der Waals surface area contributed by atoms with Crippen LogP contribution in [0, 0.1) is 0 Å². The van der Waals surface area contributed by atoms with E-state index in [0.29, 0.717) is 0 Å². The average Bonchev–Trinajstić information content (AvgIpc) is 2.89. The number of benzene rings is 1. The van der Waals surface area contributed by atoms with Crippen LogP contribution in [0.15, 0.2) is 36.7 Å². The summed E-state index contributed by atoms with van der Waals surface area (Å²) in [6.45, 7) is 6.02. The summed E-state index contributed by atoms with van der Waals surface area (Å²) in [6.07, 6.45) is 4.92. The topological polar surface area (TPSA) is 29.9 Å². The third-order valence-electron chi connectivity index (χ3n) is 3.21. The third-order valence-corrected chi connectivity index (χ3v) is 3.58. The van der Waals surface area contributed by atoms with Crippen molar-refractivity contribution in [1.29, 1.82) is 0 Å². The van der Waals surface area contributed by atoms with Gasteiger partial charge >= 0.3 is 0 Å². The van der Waals surface area contributed by atoms with Gasteiger partial charge < -0.3 is 5.32 Å². The molecule has 0 fully saturated rings. The zero-order chi connectivity index (χ0) is 13.7. The molecule has 1 N–H and O–H groups in total. The Morgan fingerprint density at radius 3 is 2.74 bits per heavy atom. The highest BCUT2D eigenvalue weighted by atomic mass is 35.5. The van der Waals surface area contributed by atoms with Gasteiger partial charge in [-0.1, -0.05) is 36.7 Å². The van der Waals surface area contributed by atoms with Gasteiger partial charge in [0.25, 0.3) is 0 Å². The van der Waals surface area contributed by atoms with E-state index in [-0.39, 0.29) is 6.04 Å². The second-order valence-electron chi connectivity index (χ2n) is 4.54. The van der Waals surface area contributed by atoms with Crippen molar-refractivity contribution < 1.29 is 0 Å². The first-order chi connectivity index (χ1) is 9.24. The molecule has 2 aromatic rings. The van der Waals surface area contributed by atoms with Gasteiger partial charge in [-0.15, -0.1) is 0 Å². The first kappa shape index (κ1) is 14.1. The summed E-state index contributed by atoms with van der Waals surface area (Å²) in [5.41, 5.74) is 2.38. The number of aromatic nitrogens is 2. The molecule has 1 aromatic heterocycles. The van der Waals surface area contributed by atoms with E-state index in [9.17, 15) is 0 Å². The Labute approximate surface area is 119 Å². The van der Waals surface area contributed by atoms with Crippen molar-refractivity contribution in [2.75, 3.05) is 6.54 Å². The lowest BCUT2D eigenvalue weighted by molar-refractivity contribution is 0.548. The fourth-order valence-corrected chi connectivity index (χ4v) is 2.38. The van der Waals surface area contributed by atoms with Crippen molar-refractivity contribution in [1.82, 2.24) is 15.1 Å². The summed E-state index contributed by atoms with van der Waals surface area (Å²) in [4.78, 5) is 0. The van der Waals surface area contributed by atoms with Crippen molar-refractivity contribution in [2.24, 2.45) is 0 Å². The first-order valence-electron chi connectivity index (χ1n) is 6.73. The number of aryl methyl sites for hydroxylation is 1. The summed E-state index contributed by atoms with van der Waals surface area (Å²) < 4.78 is 1.95. The molecule has 0 spiro atoms. The molecule has 0 bridgehead atoms. The minimum atomic E-state index is 0.255. The van der Waals surface area contributed by atoms with Crippen LogP contribution in [0.5, 0.6) is 0 Å². The number of nitrogens with one attached hydrogen (secondary N) is 1. The second kappa shape index (κ2) is 6.73. The van der Waals surface area contributed by atoms with Crippen molar-refractivity contribution in [3.05, 3.63) is 52.8 Å². The summed E-state index contributed by atoms with van der Waals surface area (Å²) in [5, 5.41) is 8.67. The maximum atomic E-state index is 6.24. The maximum absolute atomic E-state index is 6.24. The van der Waals surface area contributed by atoms with Crippen molar-refractivity contribution >= 4 is 11.6 Å². The molecule has 2 rings (SSSR count). The minimum Gasteiger partial charge on any atom is -0.310 e. The Bertz CT molecular complexity index is 522. The van der Waals surface area contributed by atoms with Gasteiger partial charge in [-0.05, 0) is 31.5 Å². The fourth-order valence-electron chi connectivity index (χ4n) is 2.17. The Morgan fingerprint density at radius 2 is 2.11 bits per heavy atom. The lowest BCUT2D eigenvalue weighted by atomic mass is 10.0. The molecule has 0 radical (unpaired) electrons. The normalized spacial score (nSPS) is 12.6. The van der Waals surface area contributed by atoms with E-state index < -0.39 is 0 Å². The molecule has 1 atom stereocenters. The second-order valence-corrected chi connectivity index (χ2v) is 4.94. The Kier molecular flexibility index (Phi) is 5.00. The van der Waals surface area contributed by atoms with E-state index >= 15 is 0 Å². The van der Waals surface area contributed by atoms with Crippen LogP contribution in [0.1, 0.15) is 31.0 Å². The van der Waals surface area contributed by atoms with Gasteiger partial charge in [0.1, 0.15) is 0 Å². The molecular formula is C15H20ClN3. The molecule has 1 unspecified atom stereocenters. The smallest absolute Gasteiger partial charge is 0.0537 e. The molecular weight excluding hydrogens is 258 g/mol. The fraction of sp³-hybridized carbons (Fsp3) is 0.400. The summed E-state index contributed by atoms with van der Waals surface area (Å²) >= 11 is 6.24. The van der Waals surface area contributed by atoms with Gasteiger partial charge in [-0.25, -0.2) is 0 Å². The molecule has 0 saturated carbocycles. The SMILES string of the molecule is CCNC(Cc1ccccc1Cl)c1cnn(CC)c1. The number of hydrogen-bond acceptors (Lipinski definition) is 2. The van der Waals surface area contributed by atoms with Crippen LogP contribution in [0.4, 0.5) is 0 Å². The number of likely N-dealkylation sites (N-methyl/N-ethyl adjacent to an activating group) is 1. The average molecular weight is 278 g/mol. The van der Waals surface area contributed by atoms with E-state index in [1.165, 1.54) is 11.1 Å². The predicted octanol–water partition coefficient (Wildman–Crippen LogP) is 3.45. The van der Waals surface area contributed by atoms with Gasteiger partial charge in [-0.2, -0.15) is 5.10 Å². The van der Waals surface area contributed by atoms with E-state index in [4.69, 9.17) is 11.6 Å². The van der Waals surface area contributed by atoms with Gasteiger partial charge in [-0.3, -0.25) is 4.68 Å². The lowest BCUT2D eigenvalue weighted by Crippen LogP contribution is -2.22. The van der Waals surface area contributed by atoms with E-state index in [1.807, 2.05) is 29.1 Å². The molecule has 3 nitrogen and oxygen atoms in total. The summed E-state index contributed by atoms with van der Waals surface area (Å²) in [6, 6.07) is 8.26. The van der Waals surface area contributed by atoms with Crippen LogP contribution in [-0.2, 0) is 13.0 Å². The molecule has 0 aliphatic heterocycles. The minimum absolute atomic E-state index is 0.255. The summed E-state index contributed by atoms with van der Waals surface area (Å²) in [7, 11) is 0. The van der Waals surface area contributed by atoms with Crippen LogP contribution >= 0.6 is 11.6 Å². The molecule has 0 aliphatic rings. The Balaban J connectivity index is 2.18. The Morgan fingerprint density at radius 1 is 1.32 bits per heavy atom. The van der Waals surface area contributed by atoms with Gasteiger partial charge in [0.2, 0.25) is 0 Å². The van der Waals surface area contributed by atoms with Crippen LogP contribution in [0.3, 0.4) is 0 Å². The van der Waals surface area contributed by atoms with Crippen molar-refractivity contribution in [2.45, 2.75) is 32.9 Å². The monoisotopic (exact) mass is 277 g/mol. The van der Waals surface area contributed by atoms with E-state index in [0.717, 1.165) is 24.5 Å². The molecule has 1 heterocycles. The molecule has 0 amide bonds. The number of nitrogens with zero attached hydrogens (tertiary/aromatic N) is 2. The summed E-state index contributed by atoms with van der Waals surface area (Å²) in [5.74, 6) is 0. The lowest BCUT2D eigenvalue weighted by Gasteiger charge is -2.17. The van der Waals surface area contributed by atoms with Crippen LogP contribution in [-0.4, -0.2) is 16.3 Å². The molecule has 19 heavy (non-hydrogen) atoms. The van der Waals surface area contributed by atoms with Gasteiger partial charge in [0.15, 0.2) is 0 Å². The van der Waals surface area contributed by atoms with Crippen LogP contribution in [0.25, 0.3) is 0 Å². The number of rotatable bonds is 6. The maximum Gasteiger partial charge on any atom is 0.0537 e. The van der Waals surface area contributed by atoms with Crippen molar-refractivity contribution in [3.8, 4) is 0 Å². The Hall–Kier alpha value is -1.32. The highest BCUT2D eigenvalue weighted by Gasteiger charge is 2.14. The van der Waals surface area contributed by atoms with Gasteiger partial charge in [0, 0.05) is 29.4 Å². The molecule has 0 aliphatic carbocycles. The van der Waals surface area contributed by atoms with E-state index in [1.54, 1.807) is 0 Å². The first-order valence-corrected chi connectivity index (χ1v) is 7.11.